The Morgan fingerprint density at radius 1 is 0.302 bits per heavy atom. The summed E-state index contributed by atoms with van der Waals surface area (Å²) < 4.78 is 33.3. The Labute approximate surface area is 495 Å². The van der Waals surface area contributed by atoms with Crippen LogP contribution in [0.4, 0.5) is 0 Å². The summed E-state index contributed by atoms with van der Waals surface area (Å²) in [5.74, 6) is -4.76. The number of phenolic OH excluding ortho intramolecular Hbond substituents is 4. The van der Waals surface area contributed by atoms with E-state index >= 15 is 0 Å². The zero-order valence-corrected chi connectivity index (χ0v) is 46.9. The molecule has 9 aromatic rings. The minimum absolute atomic E-state index is 0.109. The van der Waals surface area contributed by atoms with E-state index in [2.05, 4.69) is 20.8 Å². The second-order valence-electron chi connectivity index (χ2n) is 20.8. The SMILES string of the molecule is CC(C)CCC[C@@H](C)CCOC(=O)c1ccc(-c2ccc(OC(=O)c3ccc(-c4ccc(OC(=O)c5ccc(-c6ccc(OC(=O)c7cc(OC(=O)c8cc(O)cc(O)c8)cc(OC(=O)c8cc(O)cc(O)c8)c7)cc6)cc5)cc4)cc3)cc2)cc1. The summed E-state index contributed by atoms with van der Waals surface area (Å²) in [5.41, 5.74) is 5.27. The lowest BCUT2D eigenvalue weighted by atomic mass is 9.98. The van der Waals surface area contributed by atoms with E-state index in [1.165, 1.54) is 25.0 Å². The van der Waals surface area contributed by atoms with Crippen LogP contribution in [0.25, 0.3) is 33.4 Å². The maximum atomic E-state index is 13.5. The lowest BCUT2D eigenvalue weighted by Gasteiger charge is -2.12. The van der Waals surface area contributed by atoms with Crippen molar-refractivity contribution < 1.29 is 77.6 Å². The third-order valence-electron chi connectivity index (χ3n) is 13.7. The molecule has 0 saturated heterocycles. The molecule has 0 saturated carbocycles. The molecule has 0 aliphatic carbocycles. The molecule has 0 fully saturated rings. The Bertz CT molecular complexity index is 3780. The third-order valence-corrected chi connectivity index (χ3v) is 13.7. The van der Waals surface area contributed by atoms with E-state index in [0.717, 1.165) is 95.3 Å². The first-order chi connectivity index (χ1) is 41.4. The molecule has 0 unspecified atom stereocenters. The van der Waals surface area contributed by atoms with Gasteiger partial charge in [-0.25, -0.2) is 28.8 Å². The number of hydrogen-bond acceptors (Lipinski definition) is 16. The smallest absolute Gasteiger partial charge is 0.343 e. The highest BCUT2D eigenvalue weighted by Gasteiger charge is 2.21. The molecule has 0 heterocycles. The first kappa shape index (κ1) is 59.6. The molecule has 0 aliphatic rings. The minimum Gasteiger partial charge on any atom is -0.508 e. The van der Waals surface area contributed by atoms with E-state index in [1.807, 2.05) is 24.3 Å². The van der Waals surface area contributed by atoms with Gasteiger partial charge < -0.3 is 48.8 Å². The highest BCUT2D eigenvalue weighted by Crippen LogP contribution is 2.32. The van der Waals surface area contributed by atoms with Crippen LogP contribution in [0.5, 0.6) is 51.7 Å². The quantitative estimate of drug-likeness (QED) is 0.0386. The summed E-state index contributed by atoms with van der Waals surface area (Å²) in [5, 5.41) is 39.5. The van der Waals surface area contributed by atoms with Crippen LogP contribution in [-0.4, -0.2) is 62.8 Å². The number of benzene rings is 9. The van der Waals surface area contributed by atoms with Crippen molar-refractivity contribution in [3.63, 3.8) is 0 Å². The Kier molecular flexibility index (Phi) is 19.0. The topological polar surface area (TPSA) is 239 Å². The van der Waals surface area contributed by atoms with Gasteiger partial charge in [-0.3, -0.25) is 0 Å². The monoisotopic (exact) mass is 1150 g/mol. The first-order valence-corrected chi connectivity index (χ1v) is 27.5. The van der Waals surface area contributed by atoms with Crippen LogP contribution < -0.4 is 23.7 Å². The Morgan fingerprint density at radius 2 is 0.581 bits per heavy atom. The van der Waals surface area contributed by atoms with E-state index in [-0.39, 0.29) is 45.5 Å². The van der Waals surface area contributed by atoms with Crippen LogP contribution in [-0.2, 0) is 4.74 Å². The van der Waals surface area contributed by atoms with Gasteiger partial charge in [0.25, 0.3) is 0 Å². The first-order valence-electron chi connectivity index (χ1n) is 27.5. The third kappa shape index (κ3) is 16.2. The van der Waals surface area contributed by atoms with Crippen LogP contribution in [0.15, 0.2) is 200 Å². The van der Waals surface area contributed by atoms with Crippen LogP contribution in [0.2, 0.25) is 0 Å². The number of carbonyl (C=O) groups is 6. The lowest BCUT2D eigenvalue weighted by molar-refractivity contribution is 0.0482. The molecule has 0 bridgehead atoms. The largest absolute Gasteiger partial charge is 0.508 e. The maximum absolute atomic E-state index is 13.5. The molecule has 16 nitrogen and oxygen atoms in total. The Balaban J connectivity index is 0.751. The molecule has 9 rings (SSSR count). The zero-order valence-electron chi connectivity index (χ0n) is 46.9. The minimum atomic E-state index is -1.04. The van der Waals surface area contributed by atoms with Gasteiger partial charge in [0, 0.05) is 18.2 Å². The number of ether oxygens (including phenoxy) is 6. The van der Waals surface area contributed by atoms with Gasteiger partial charge in [0.15, 0.2) is 0 Å². The normalized spacial score (nSPS) is 11.3. The predicted molar refractivity (Wildman–Crippen MR) is 319 cm³/mol. The van der Waals surface area contributed by atoms with E-state index in [0.29, 0.717) is 46.6 Å². The molecular formula is C70H58O16. The molecule has 0 radical (unpaired) electrons. The van der Waals surface area contributed by atoms with Gasteiger partial charge in [-0.05, 0) is 161 Å². The van der Waals surface area contributed by atoms with E-state index in [9.17, 15) is 49.2 Å². The average molecular weight is 1160 g/mol. The molecule has 0 aliphatic heterocycles. The molecule has 0 spiro atoms. The van der Waals surface area contributed by atoms with Crippen LogP contribution in [0.1, 0.15) is 109 Å². The fraction of sp³-hybridized carbons (Fsp3) is 0.143. The number of hydrogen-bond donors (Lipinski definition) is 4. The number of esters is 6. The molecule has 1 atom stereocenters. The van der Waals surface area contributed by atoms with Gasteiger partial charge in [0.05, 0.1) is 40.0 Å². The van der Waals surface area contributed by atoms with E-state index in [1.54, 1.807) is 109 Å². The number of rotatable bonds is 21. The predicted octanol–water partition coefficient (Wildman–Crippen LogP) is 14.6. The second kappa shape index (κ2) is 27.4. The summed E-state index contributed by atoms with van der Waals surface area (Å²) >= 11 is 0. The van der Waals surface area contributed by atoms with Gasteiger partial charge in [-0.1, -0.05) is 113 Å². The lowest BCUT2D eigenvalue weighted by Crippen LogP contribution is -2.13. The number of aromatic hydroxyl groups is 4. The summed E-state index contributed by atoms with van der Waals surface area (Å²) in [6, 6.07) is 50.9. The fourth-order valence-corrected chi connectivity index (χ4v) is 9.06. The molecule has 9 aromatic carbocycles. The van der Waals surface area contributed by atoms with Crippen molar-refractivity contribution in [2.45, 2.75) is 46.5 Å². The summed E-state index contributed by atoms with van der Waals surface area (Å²) in [7, 11) is 0. The van der Waals surface area contributed by atoms with Gasteiger partial charge in [-0.15, -0.1) is 0 Å². The summed E-state index contributed by atoms with van der Waals surface area (Å²) in [4.78, 5) is 78.5. The Hall–Kier alpha value is -11.0. The van der Waals surface area contributed by atoms with Crippen LogP contribution in [0.3, 0.4) is 0 Å². The zero-order chi connectivity index (χ0) is 60.9. The molecule has 0 amide bonds. The van der Waals surface area contributed by atoms with Gasteiger partial charge in [0.2, 0.25) is 0 Å². The molecule has 16 heteroatoms. The summed E-state index contributed by atoms with van der Waals surface area (Å²) in [6.45, 7) is 7.05. The van der Waals surface area contributed by atoms with Crippen molar-refractivity contribution in [1.82, 2.24) is 0 Å². The van der Waals surface area contributed by atoms with Crippen molar-refractivity contribution in [2.75, 3.05) is 6.61 Å². The fourth-order valence-electron chi connectivity index (χ4n) is 9.06. The molecule has 434 valence electrons. The maximum Gasteiger partial charge on any atom is 0.343 e. The van der Waals surface area contributed by atoms with E-state index in [4.69, 9.17) is 28.4 Å². The van der Waals surface area contributed by atoms with Crippen molar-refractivity contribution in [3.8, 4) is 85.1 Å². The van der Waals surface area contributed by atoms with Crippen molar-refractivity contribution >= 4 is 35.8 Å². The Morgan fingerprint density at radius 3 is 0.907 bits per heavy atom. The molecule has 86 heavy (non-hydrogen) atoms. The molecule has 4 N–H and O–H groups in total. The van der Waals surface area contributed by atoms with Gasteiger partial charge >= 0.3 is 35.8 Å². The van der Waals surface area contributed by atoms with Crippen molar-refractivity contribution in [3.05, 3.63) is 234 Å². The highest BCUT2D eigenvalue weighted by molar-refractivity contribution is 5.97. The van der Waals surface area contributed by atoms with Gasteiger partial charge in [-0.2, -0.15) is 0 Å². The molecular weight excluding hydrogens is 1100 g/mol. The van der Waals surface area contributed by atoms with Crippen molar-refractivity contribution in [2.24, 2.45) is 11.8 Å². The molecule has 0 aromatic heterocycles. The standard InChI is InChI=1S/C70H58O16/c1-42(2)5-4-6-43(3)31-32-81-65(75)50-13-7-44(8-14-50)47-19-25-60(26-20-47)82-66(76)51-15-9-45(10-16-51)48-21-27-61(28-22-48)83-67(77)52-17-11-46(12-18-52)49-23-29-62(30-24-49)84-70(80)55-37-63(85-68(78)53-33-56(71)39-57(72)34-53)41-64(38-55)86-69(79)54-35-58(73)40-59(74)36-54/h7-30,33-43,71-74H,4-6,31-32H2,1-3H3/t43-/m1/s1. The number of phenols is 4. The van der Waals surface area contributed by atoms with Crippen molar-refractivity contribution in [1.29, 1.82) is 0 Å². The van der Waals surface area contributed by atoms with Gasteiger partial charge in [0.1, 0.15) is 51.7 Å². The average Bonchev–Trinajstić information content (AvgIpc) is 3.37. The van der Waals surface area contributed by atoms with Crippen LogP contribution >= 0.6 is 0 Å². The number of carbonyl (C=O) groups excluding carboxylic acids is 6. The van der Waals surface area contributed by atoms with Crippen LogP contribution in [0, 0.1) is 11.8 Å². The highest BCUT2D eigenvalue weighted by atomic mass is 16.6. The second-order valence-corrected chi connectivity index (χ2v) is 20.8. The van der Waals surface area contributed by atoms with E-state index < -0.39 is 52.8 Å². The summed E-state index contributed by atoms with van der Waals surface area (Å²) in [6.07, 6.45) is 4.36.